The van der Waals surface area contributed by atoms with Crippen molar-refractivity contribution in [2.75, 3.05) is 13.1 Å². The molecule has 0 saturated carbocycles. The van der Waals surface area contributed by atoms with Crippen molar-refractivity contribution in [2.45, 2.75) is 38.8 Å². The van der Waals surface area contributed by atoms with Gasteiger partial charge in [0.15, 0.2) is 0 Å². The molecule has 5 heteroatoms. The largest absolute Gasteiger partial charge is 0.333 e. The first kappa shape index (κ1) is 14.5. The van der Waals surface area contributed by atoms with Gasteiger partial charge in [0.05, 0.1) is 0 Å². The van der Waals surface area contributed by atoms with Crippen LogP contribution in [-0.4, -0.2) is 41.0 Å². The van der Waals surface area contributed by atoms with Crippen molar-refractivity contribution in [3.8, 4) is 0 Å². The molecule has 1 aliphatic rings. The Balaban J connectivity index is 2.09. The summed E-state index contributed by atoms with van der Waals surface area (Å²) < 4.78 is 0.887. The highest BCUT2D eigenvalue weighted by atomic mass is 79.9. The molecule has 1 amide bonds. The summed E-state index contributed by atoms with van der Waals surface area (Å²) in [5, 5.41) is 3.44. The van der Waals surface area contributed by atoms with E-state index in [1.54, 1.807) is 12.3 Å². The van der Waals surface area contributed by atoms with E-state index >= 15 is 0 Å². The zero-order chi connectivity index (χ0) is 13.8. The molecule has 1 atom stereocenters. The van der Waals surface area contributed by atoms with Crippen LogP contribution in [0.1, 0.15) is 37.2 Å². The normalized spacial score (nSPS) is 18.8. The monoisotopic (exact) mass is 325 g/mol. The van der Waals surface area contributed by atoms with E-state index < -0.39 is 0 Å². The molecule has 104 valence electrons. The van der Waals surface area contributed by atoms with Gasteiger partial charge in [-0.05, 0) is 61.3 Å². The quantitative estimate of drug-likeness (QED) is 0.924. The molecule has 1 saturated heterocycles. The van der Waals surface area contributed by atoms with Crippen LogP contribution in [0.15, 0.2) is 22.8 Å². The Morgan fingerprint density at radius 3 is 2.89 bits per heavy atom. The first-order chi connectivity index (χ1) is 9.08. The summed E-state index contributed by atoms with van der Waals surface area (Å²) in [4.78, 5) is 18.6. The number of rotatable bonds is 4. The Kier molecular flexibility index (Phi) is 4.93. The third kappa shape index (κ3) is 3.76. The van der Waals surface area contributed by atoms with Crippen LogP contribution in [0.25, 0.3) is 0 Å². The van der Waals surface area contributed by atoms with Crippen LogP contribution in [0.5, 0.6) is 0 Å². The lowest BCUT2D eigenvalue weighted by atomic mass is 10.1. The van der Waals surface area contributed by atoms with E-state index in [9.17, 15) is 4.79 Å². The fraction of sp³-hybridized carbons (Fsp3) is 0.571. The third-order valence-electron chi connectivity index (χ3n) is 3.41. The Labute approximate surface area is 122 Å². The second kappa shape index (κ2) is 6.48. The molecule has 2 rings (SSSR count). The second-order valence-corrected chi connectivity index (χ2v) is 6.12. The van der Waals surface area contributed by atoms with Crippen LogP contribution in [0, 0.1) is 0 Å². The Morgan fingerprint density at radius 1 is 1.58 bits per heavy atom. The van der Waals surface area contributed by atoms with Gasteiger partial charge in [-0.1, -0.05) is 0 Å². The number of nitrogens with zero attached hydrogens (tertiary/aromatic N) is 2. The standard InChI is InChI=1S/C14H20BrN3O/c1-10(2)18(9-12-4-3-7-16-12)14(19)13-6-5-11(15)8-17-13/h5-6,8,10,12,16H,3-4,7,9H2,1-2H3. The van der Waals surface area contributed by atoms with Gasteiger partial charge in [-0.2, -0.15) is 0 Å². The highest BCUT2D eigenvalue weighted by molar-refractivity contribution is 9.10. The van der Waals surface area contributed by atoms with E-state index in [0.29, 0.717) is 11.7 Å². The van der Waals surface area contributed by atoms with Gasteiger partial charge in [0.25, 0.3) is 5.91 Å². The number of pyridine rings is 1. The lowest BCUT2D eigenvalue weighted by Crippen LogP contribution is -2.45. The SMILES string of the molecule is CC(C)N(CC1CCCN1)C(=O)c1ccc(Br)cn1. The number of hydrogen-bond acceptors (Lipinski definition) is 3. The Hall–Kier alpha value is -0.940. The molecule has 1 N–H and O–H groups in total. The number of nitrogens with one attached hydrogen (secondary N) is 1. The smallest absolute Gasteiger partial charge is 0.272 e. The Morgan fingerprint density at radius 2 is 2.37 bits per heavy atom. The summed E-state index contributed by atoms with van der Waals surface area (Å²) in [5.74, 6) is 0.0104. The van der Waals surface area contributed by atoms with Crippen LogP contribution < -0.4 is 5.32 Å². The minimum Gasteiger partial charge on any atom is -0.333 e. The van der Waals surface area contributed by atoms with Crippen LogP contribution in [-0.2, 0) is 0 Å². The average Bonchev–Trinajstić information content (AvgIpc) is 2.88. The number of carbonyl (C=O) groups is 1. The van der Waals surface area contributed by atoms with Gasteiger partial charge in [0.1, 0.15) is 5.69 Å². The molecular weight excluding hydrogens is 306 g/mol. The maximum atomic E-state index is 12.5. The molecule has 1 fully saturated rings. The lowest BCUT2D eigenvalue weighted by molar-refractivity contribution is 0.0683. The lowest BCUT2D eigenvalue weighted by Gasteiger charge is -2.29. The number of hydrogen-bond donors (Lipinski definition) is 1. The van der Waals surface area contributed by atoms with Crippen molar-refractivity contribution in [3.63, 3.8) is 0 Å². The molecule has 0 bridgehead atoms. The third-order valence-corrected chi connectivity index (χ3v) is 3.88. The van der Waals surface area contributed by atoms with Crippen LogP contribution in [0.2, 0.25) is 0 Å². The summed E-state index contributed by atoms with van der Waals surface area (Å²) in [6.45, 7) is 5.91. The average molecular weight is 326 g/mol. The molecule has 4 nitrogen and oxygen atoms in total. The molecule has 1 aromatic rings. The summed E-state index contributed by atoms with van der Waals surface area (Å²) in [6, 6.07) is 4.22. The summed E-state index contributed by atoms with van der Waals surface area (Å²) in [5.41, 5.74) is 0.509. The molecule has 1 aromatic heterocycles. The first-order valence-electron chi connectivity index (χ1n) is 6.74. The van der Waals surface area contributed by atoms with Crippen LogP contribution in [0.4, 0.5) is 0 Å². The molecular formula is C14H20BrN3O. The van der Waals surface area contributed by atoms with E-state index in [1.807, 2.05) is 24.8 Å². The fourth-order valence-corrected chi connectivity index (χ4v) is 2.56. The summed E-state index contributed by atoms with van der Waals surface area (Å²) >= 11 is 3.33. The molecule has 0 aromatic carbocycles. The van der Waals surface area contributed by atoms with Gasteiger partial charge >= 0.3 is 0 Å². The van der Waals surface area contributed by atoms with Gasteiger partial charge in [-0.3, -0.25) is 4.79 Å². The number of halogens is 1. The maximum Gasteiger partial charge on any atom is 0.272 e. The minimum atomic E-state index is 0.0104. The van der Waals surface area contributed by atoms with Crippen molar-refractivity contribution in [3.05, 3.63) is 28.5 Å². The van der Waals surface area contributed by atoms with Crippen molar-refractivity contribution in [1.82, 2.24) is 15.2 Å². The second-order valence-electron chi connectivity index (χ2n) is 5.21. The zero-order valence-electron chi connectivity index (χ0n) is 11.4. The van der Waals surface area contributed by atoms with Crippen molar-refractivity contribution < 1.29 is 4.79 Å². The first-order valence-corrected chi connectivity index (χ1v) is 7.53. The van der Waals surface area contributed by atoms with E-state index in [0.717, 1.165) is 24.0 Å². The predicted octanol–water partition coefficient (Wildman–Crippen LogP) is 2.45. The molecule has 1 aliphatic heterocycles. The van der Waals surface area contributed by atoms with E-state index in [-0.39, 0.29) is 11.9 Å². The molecule has 2 heterocycles. The molecule has 1 unspecified atom stereocenters. The molecule has 0 spiro atoms. The molecule has 0 radical (unpaired) electrons. The van der Waals surface area contributed by atoms with Gasteiger partial charge in [0.2, 0.25) is 0 Å². The molecule has 0 aliphatic carbocycles. The summed E-state index contributed by atoms with van der Waals surface area (Å²) in [7, 11) is 0. The topological polar surface area (TPSA) is 45.2 Å². The van der Waals surface area contributed by atoms with Gasteiger partial charge in [-0.25, -0.2) is 4.98 Å². The van der Waals surface area contributed by atoms with E-state index in [4.69, 9.17) is 0 Å². The van der Waals surface area contributed by atoms with Crippen molar-refractivity contribution in [1.29, 1.82) is 0 Å². The Bertz CT molecular complexity index is 427. The van der Waals surface area contributed by atoms with E-state index in [1.165, 1.54) is 6.42 Å². The fourth-order valence-electron chi connectivity index (χ4n) is 2.33. The van der Waals surface area contributed by atoms with Crippen molar-refractivity contribution in [2.24, 2.45) is 0 Å². The van der Waals surface area contributed by atoms with Crippen molar-refractivity contribution >= 4 is 21.8 Å². The van der Waals surface area contributed by atoms with Gasteiger partial charge in [0, 0.05) is 29.3 Å². The predicted molar refractivity (Wildman–Crippen MR) is 79.1 cm³/mol. The van der Waals surface area contributed by atoms with Gasteiger partial charge < -0.3 is 10.2 Å². The van der Waals surface area contributed by atoms with Crippen LogP contribution >= 0.6 is 15.9 Å². The minimum absolute atomic E-state index is 0.0104. The number of aromatic nitrogens is 1. The van der Waals surface area contributed by atoms with Gasteiger partial charge in [-0.15, -0.1) is 0 Å². The number of amides is 1. The van der Waals surface area contributed by atoms with Crippen LogP contribution in [0.3, 0.4) is 0 Å². The highest BCUT2D eigenvalue weighted by Crippen LogP contribution is 2.14. The maximum absolute atomic E-state index is 12.5. The van der Waals surface area contributed by atoms with E-state index in [2.05, 4.69) is 26.2 Å². The summed E-state index contributed by atoms with van der Waals surface area (Å²) in [6.07, 6.45) is 4.01. The highest BCUT2D eigenvalue weighted by Gasteiger charge is 2.24. The number of carbonyl (C=O) groups excluding carboxylic acids is 1. The zero-order valence-corrected chi connectivity index (χ0v) is 13.0. The molecule has 19 heavy (non-hydrogen) atoms.